The fourth-order valence-corrected chi connectivity index (χ4v) is 1.84. The van der Waals surface area contributed by atoms with E-state index in [9.17, 15) is 4.39 Å². The third-order valence-corrected chi connectivity index (χ3v) is 2.84. The Morgan fingerprint density at radius 3 is 2.67 bits per heavy atom. The Hall–Kier alpha value is -1.68. The van der Waals surface area contributed by atoms with Crippen LogP contribution in [0, 0.1) is 5.82 Å². The molecule has 96 valence electrons. The molecule has 1 heterocycles. The van der Waals surface area contributed by atoms with Crippen LogP contribution in [-0.4, -0.2) is 15.8 Å². The molecule has 4 heteroatoms. The van der Waals surface area contributed by atoms with E-state index in [1.807, 2.05) is 25.2 Å². The molecule has 0 fully saturated rings. The quantitative estimate of drug-likeness (QED) is 0.900. The number of aromatic nitrogens is 2. The van der Waals surface area contributed by atoms with E-state index in [0.717, 1.165) is 11.3 Å². The Labute approximate surface area is 107 Å². The number of nitrogens with one attached hydrogen (secondary N) is 1. The predicted octanol–water partition coefficient (Wildman–Crippen LogP) is 2.72. The van der Waals surface area contributed by atoms with Gasteiger partial charge < -0.3 is 5.32 Å². The summed E-state index contributed by atoms with van der Waals surface area (Å²) in [6, 6.07) is 7.54. The highest BCUT2D eigenvalue weighted by molar-refractivity contribution is 5.60. The van der Waals surface area contributed by atoms with Gasteiger partial charge in [0, 0.05) is 31.4 Å². The van der Waals surface area contributed by atoms with Crippen molar-refractivity contribution >= 4 is 0 Å². The Bertz CT molecular complexity index is 532. The van der Waals surface area contributed by atoms with E-state index >= 15 is 0 Å². The molecular formula is C14H18FN3. The Morgan fingerprint density at radius 1 is 1.33 bits per heavy atom. The summed E-state index contributed by atoms with van der Waals surface area (Å²) in [7, 11) is 1.81. The van der Waals surface area contributed by atoms with Crippen LogP contribution >= 0.6 is 0 Å². The first-order valence-corrected chi connectivity index (χ1v) is 6.08. The lowest BCUT2D eigenvalue weighted by Gasteiger charge is -2.10. The molecule has 3 nitrogen and oxygen atoms in total. The summed E-state index contributed by atoms with van der Waals surface area (Å²) < 4.78 is 15.7. The number of rotatable bonds is 4. The third-order valence-electron chi connectivity index (χ3n) is 2.84. The van der Waals surface area contributed by atoms with E-state index in [-0.39, 0.29) is 5.82 Å². The van der Waals surface area contributed by atoms with Gasteiger partial charge >= 0.3 is 0 Å². The fourth-order valence-electron chi connectivity index (χ4n) is 1.84. The van der Waals surface area contributed by atoms with E-state index in [4.69, 9.17) is 0 Å². The van der Waals surface area contributed by atoms with Crippen molar-refractivity contribution in [1.29, 1.82) is 0 Å². The summed E-state index contributed by atoms with van der Waals surface area (Å²) in [5, 5.41) is 7.32. The minimum Gasteiger partial charge on any atom is -0.310 e. The molecule has 18 heavy (non-hydrogen) atoms. The molecule has 2 aromatic rings. The maximum Gasteiger partial charge on any atom is 0.132 e. The molecule has 0 unspecified atom stereocenters. The summed E-state index contributed by atoms with van der Waals surface area (Å²) in [5.74, 6) is -0.207. The zero-order chi connectivity index (χ0) is 13.1. The molecule has 0 aliphatic rings. The van der Waals surface area contributed by atoms with Crippen molar-refractivity contribution in [3.63, 3.8) is 0 Å². The van der Waals surface area contributed by atoms with Crippen molar-refractivity contribution in [2.75, 3.05) is 0 Å². The molecule has 0 bridgehead atoms. The van der Waals surface area contributed by atoms with Crippen LogP contribution in [0.25, 0.3) is 11.3 Å². The molecule has 0 aliphatic carbocycles. The van der Waals surface area contributed by atoms with E-state index in [1.54, 1.807) is 16.9 Å². The van der Waals surface area contributed by atoms with Crippen LogP contribution < -0.4 is 5.32 Å². The minimum atomic E-state index is -0.207. The van der Waals surface area contributed by atoms with Crippen molar-refractivity contribution in [2.45, 2.75) is 26.4 Å². The summed E-state index contributed by atoms with van der Waals surface area (Å²) in [6.07, 6.45) is 1.67. The normalized spacial score (nSPS) is 11.2. The Kier molecular flexibility index (Phi) is 3.77. The highest BCUT2D eigenvalue weighted by Crippen LogP contribution is 2.22. The fraction of sp³-hybridized carbons (Fsp3) is 0.357. The Morgan fingerprint density at radius 2 is 2.11 bits per heavy atom. The molecule has 1 aromatic carbocycles. The lowest BCUT2D eigenvalue weighted by molar-refractivity contribution is 0.582. The number of hydrogen-bond donors (Lipinski definition) is 1. The second-order valence-electron chi connectivity index (χ2n) is 4.69. The van der Waals surface area contributed by atoms with Gasteiger partial charge in [-0.25, -0.2) is 4.39 Å². The van der Waals surface area contributed by atoms with Crippen LogP contribution in [0.3, 0.4) is 0 Å². The lowest BCUT2D eigenvalue weighted by Crippen LogP contribution is -2.21. The first-order valence-electron chi connectivity index (χ1n) is 6.08. The maximum absolute atomic E-state index is 14.0. The molecular weight excluding hydrogens is 229 g/mol. The molecule has 0 aliphatic heterocycles. The van der Waals surface area contributed by atoms with Gasteiger partial charge in [-0.1, -0.05) is 19.9 Å². The van der Waals surface area contributed by atoms with Crippen molar-refractivity contribution < 1.29 is 4.39 Å². The number of nitrogens with zero attached hydrogens (tertiary/aromatic N) is 2. The zero-order valence-corrected chi connectivity index (χ0v) is 10.9. The van der Waals surface area contributed by atoms with Crippen LogP contribution in [0.15, 0.2) is 30.5 Å². The number of benzene rings is 1. The van der Waals surface area contributed by atoms with Crippen LogP contribution in [0.4, 0.5) is 4.39 Å². The standard InChI is InChI=1S/C14H18FN3/c1-10(2)16-9-11-4-5-12(13(15)8-11)14-6-7-17-18(14)3/h4-8,10,16H,9H2,1-3H3. The van der Waals surface area contributed by atoms with Crippen molar-refractivity contribution in [2.24, 2.45) is 7.05 Å². The number of aryl methyl sites for hydroxylation is 1. The average molecular weight is 247 g/mol. The molecule has 2 rings (SSSR count). The molecule has 0 amide bonds. The molecule has 1 N–H and O–H groups in total. The molecule has 0 spiro atoms. The molecule has 0 saturated carbocycles. The highest BCUT2D eigenvalue weighted by Gasteiger charge is 2.09. The van der Waals surface area contributed by atoms with Gasteiger partial charge in [-0.3, -0.25) is 4.68 Å². The summed E-state index contributed by atoms with van der Waals surface area (Å²) in [6.45, 7) is 4.82. The Balaban J connectivity index is 2.23. The largest absolute Gasteiger partial charge is 0.310 e. The van der Waals surface area contributed by atoms with Crippen molar-refractivity contribution in [3.8, 4) is 11.3 Å². The van der Waals surface area contributed by atoms with Gasteiger partial charge in [0.1, 0.15) is 5.82 Å². The van der Waals surface area contributed by atoms with Gasteiger partial charge in [0.25, 0.3) is 0 Å². The molecule has 1 aromatic heterocycles. The molecule has 0 saturated heterocycles. The van der Waals surface area contributed by atoms with Crippen molar-refractivity contribution in [3.05, 3.63) is 41.8 Å². The van der Waals surface area contributed by atoms with Gasteiger partial charge in [0.05, 0.1) is 5.69 Å². The van der Waals surface area contributed by atoms with Crippen molar-refractivity contribution in [1.82, 2.24) is 15.1 Å². The monoisotopic (exact) mass is 247 g/mol. The first kappa shape index (κ1) is 12.8. The van der Waals surface area contributed by atoms with E-state index in [0.29, 0.717) is 18.2 Å². The van der Waals surface area contributed by atoms with Crippen LogP contribution in [0.1, 0.15) is 19.4 Å². The summed E-state index contributed by atoms with van der Waals surface area (Å²) in [4.78, 5) is 0. The molecule has 0 atom stereocenters. The van der Waals surface area contributed by atoms with Crippen LogP contribution in [0.5, 0.6) is 0 Å². The lowest BCUT2D eigenvalue weighted by atomic mass is 10.1. The van der Waals surface area contributed by atoms with Crippen LogP contribution in [0.2, 0.25) is 0 Å². The third kappa shape index (κ3) is 2.76. The predicted molar refractivity (Wildman–Crippen MR) is 70.6 cm³/mol. The second-order valence-corrected chi connectivity index (χ2v) is 4.69. The minimum absolute atomic E-state index is 0.207. The second kappa shape index (κ2) is 5.31. The SMILES string of the molecule is CC(C)NCc1ccc(-c2ccnn2C)c(F)c1. The number of hydrogen-bond acceptors (Lipinski definition) is 2. The van der Waals surface area contributed by atoms with Gasteiger partial charge in [-0.2, -0.15) is 5.10 Å². The number of halogens is 1. The van der Waals surface area contributed by atoms with E-state index < -0.39 is 0 Å². The average Bonchev–Trinajstić information content (AvgIpc) is 2.73. The zero-order valence-electron chi connectivity index (χ0n) is 10.9. The highest BCUT2D eigenvalue weighted by atomic mass is 19.1. The summed E-state index contributed by atoms with van der Waals surface area (Å²) >= 11 is 0. The maximum atomic E-state index is 14.0. The summed E-state index contributed by atoms with van der Waals surface area (Å²) in [5.41, 5.74) is 2.33. The molecule has 0 radical (unpaired) electrons. The van der Waals surface area contributed by atoms with Gasteiger partial charge in [-0.15, -0.1) is 0 Å². The van der Waals surface area contributed by atoms with Gasteiger partial charge in [0.2, 0.25) is 0 Å². The van der Waals surface area contributed by atoms with E-state index in [2.05, 4.69) is 24.3 Å². The van der Waals surface area contributed by atoms with E-state index in [1.165, 1.54) is 0 Å². The van der Waals surface area contributed by atoms with Gasteiger partial charge in [-0.05, 0) is 23.8 Å². The van der Waals surface area contributed by atoms with Crippen LogP contribution in [-0.2, 0) is 13.6 Å². The first-order chi connectivity index (χ1) is 8.58. The smallest absolute Gasteiger partial charge is 0.132 e. The van der Waals surface area contributed by atoms with Gasteiger partial charge in [0.15, 0.2) is 0 Å². The topological polar surface area (TPSA) is 29.9 Å².